The molecular formula is C14H18Cl2N2. The molecule has 1 heterocycles. The van der Waals surface area contributed by atoms with E-state index in [-0.39, 0.29) is 0 Å². The predicted octanol–water partition coefficient (Wildman–Crippen LogP) is 5.04. The van der Waals surface area contributed by atoms with Crippen LogP contribution in [0.3, 0.4) is 0 Å². The lowest BCUT2D eigenvalue weighted by Crippen LogP contribution is -2.16. The van der Waals surface area contributed by atoms with Crippen molar-refractivity contribution >= 4 is 34.2 Å². The molecule has 18 heavy (non-hydrogen) atoms. The topological polar surface area (TPSA) is 17.8 Å². The molecule has 1 atom stereocenters. The van der Waals surface area contributed by atoms with E-state index in [1.807, 2.05) is 18.2 Å². The summed E-state index contributed by atoms with van der Waals surface area (Å²) in [5.74, 6) is 1.83. The fourth-order valence-electron chi connectivity index (χ4n) is 2.56. The number of fused-ring (bicyclic) bond motifs is 1. The molecule has 0 radical (unpaired) electrons. The van der Waals surface area contributed by atoms with Crippen LogP contribution in [-0.4, -0.2) is 9.55 Å². The van der Waals surface area contributed by atoms with Gasteiger partial charge in [-0.15, -0.1) is 11.6 Å². The van der Waals surface area contributed by atoms with Gasteiger partial charge in [-0.1, -0.05) is 38.4 Å². The monoisotopic (exact) mass is 284 g/mol. The lowest BCUT2D eigenvalue weighted by molar-refractivity contribution is 0.367. The molecule has 0 aliphatic heterocycles. The summed E-state index contributed by atoms with van der Waals surface area (Å²) in [5, 5.41) is 0.746. The van der Waals surface area contributed by atoms with Gasteiger partial charge in [-0.25, -0.2) is 4.98 Å². The Morgan fingerprint density at radius 3 is 2.61 bits per heavy atom. The second-order valence-corrected chi connectivity index (χ2v) is 5.53. The molecule has 2 nitrogen and oxygen atoms in total. The quantitative estimate of drug-likeness (QED) is 0.720. The van der Waals surface area contributed by atoms with Crippen LogP contribution in [0.2, 0.25) is 5.02 Å². The van der Waals surface area contributed by atoms with Gasteiger partial charge in [-0.3, -0.25) is 0 Å². The molecule has 98 valence electrons. The number of hydrogen-bond donors (Lipinski definition) is 0. The standard InChI is InChI=1S/C14H18Cl2N2/c1-4-12(9(2)3)18-13(8-15)17-11-7-5-6-10(16)14(11)18/h5-7,9,12H,4,8H2,1-3H3. The zero-order valence-electron chi connectivity index (χ0n) is 11.0. The second-order valence-electron chi connectivity index (χ2n) is 4.86. The van der Waals surface area contributed by atoms with Crippen molar-refractivity contribution in [1.29, 1.82) is 0 Å². The summed E-state index contributed by atoms with van der Waals surface area (Å²) >= 11 is 12.4. The van der Waals surface area contributed by atoms with Crippen LogP contribution in [0.15, 0.2) is 18.2 Å². The molecule has 0 aliphatic carbocycles. The molecule has 0 saturated carbocycles. The van der Waals surface area contributed by atoms with Crippen LogP contribution in [0.5, 0.6) is 0 Å². The molecule has 0 saturated heterocycles. The zero-order chi connectivity index (χ0) is 13.3. The number of halogens is 2. The molecule has 0 bridgehead atoms. The number of benzene rings is 1. The highest BCUT2D eigenvalue weighted by Gasteiger charge is 2.21. The fraction of sp³-hybridized carbons (Fsp3) is 0.500. The van der Waals surface area contributed by atoms with Gasteiger partial charge in [0.2, 0.25) is 0 Å². The highest BCUT2D eigenvalue weighted by molar-refractivity contribution is 6.35. The Morgan fingerprint density at radius 1 is 1.33 bits per heavy atom. The second kappa shape index (κ2) is 5.50. The zero-order valence-corrected chi connectivity index (χ0v) is 12.5. The fourth-order valence-corrected chi connectivity index (χ4v) is 3.01. The Hall–Kier alpha value is -0.730. The Kier molecular flexibility index (Phi) is 4.18. The highest BCUT2D eigenvalue weighted by Crippen LogP contribution is 2.32. The van der Waals surface area contributed by atoms with Crippen molar-refractivity contribution in [2.75, 3.05) is 0 Å². The van der Waals surface area contributed by atoms with Gasteiger partial charge in [0.1, 0.15) is 5.82 Å². The average molecular weight is 285 g/mol. The van der Waals surface area contributed by atoms with Crippen molar-refractivity contribution in [2.45, 2.75) is 39.1 Å². The van der Waals surface area contributed by atoms with E-state index in [9.17, 15) is 0 Å². The van der Waals surface area contributed by atoms with E-state index in [1.165, 1.54) is 0 Å². The minimum absolute atomic E-state index is 0.378. The summed E-state index contributed by atoms with van der Waals surface area (Å²) in [7, 11) is 0. The molecule has 2 rings (SSSR count). The first-order valence-corrected chi connectivity index (χ1v) is 7.22. The number of para-hydroxylation sites is 1. The summed E-state index contributed by atoms with van der Waals surface area (Å²) in [6.07, 6.45) is 1.04. The average Bonchev–Trinajstić information content (AvgIpc) is 2.70. The van der Waals surface area contributed by atoms with Crippen molar-refractivity contribution in [3.8, 4) is 0 Å². The number of alkyl halides is 1. The predicted molar refractivity (Wildman–Crippen MR) is 78.5 cm³/mol. The minimum Gasteiger partial charge on any atom is -0.322 e. The highest BCUT2D eigenvalue weighted by atomic mass is 35.5. The lowest BCUT2D eigenvalue weighted by atomic mass is 10.0. The van der Waals surface area contributed by atoms with E-state index in [0.29, 0.717) is 17.8 Å². The summed E-state index contributed by atoms with van der Waals surface area (Å²) in [6.45, 7) is 6.62. The van der Waals surface area contributed by atoms with Crippen molar-refractivity contribution in [2.24, 2.45) is 5.92 Å². The van der Waals surface area contributed by atoms with Crippen molar-refractivity contribution in [3.05, 3.63) is 29.0 Å². The van der Waals surface area contributed by atoms with Crippen molar-refractivity contribution < 1.29 is 0 Å². The number of nitrogens with zero attached hydrogens (tertiary/aromatic N) is 2. The van der Waals surface area contributed by atoms with Gasteiger partial charge in [0.15, 0.2) is 0 Å². The number of imidazole rings is 1. The van der Waals surface area contributed by atoms with Crippen LogP contribution in [0.1, 0.15) is 39.1 Å². The number of aromatic nitrogens is 2. The van der Waals surface area contributed by atoms with Gasteiger partial charge in [-0.05, 0) is 24.5 Å². The number of hydrogen-bond acceptors (Lipinski definition) is 1. The van der Waals surface area contributed by atoms with Crippen LogP contribution >= 0.6 is 23.2 Å². The van der Waals surface area contributed by atoms with Crippen molar-refractivity contribution in [1.82, 2.24) is 9.55 Å². The SMILES string of the molecule is CCC(C(C)C)n1c(CCl)nc2cccc(Cl)c21. The normalized spacial score (nSPS) is 13.4. The molecule has 0 aliphatic rings. The van der Waals surface area contributed by atoms with Crippen molar-refractivity contribution in [3.63, 3.8) is 0 Å². The third-order valence-electron chi connectivity index (χ3n) is 3.37. The molecule has 0 N–H and O–H groups in total. The van der Waals surface area contributed by atoms with Crippen LogP contribution in [0.25, 0.3) is 11.0 Å². The summed E-state index contributed by atoms with van der Waals surface area (Å²) in [6, 6.07) is 6.20. The molecular weight excluding hydrogens is 267 g/mol. The van der Waals surface area contributed by atoms with Crippen LogP contribution in [-0.2, 0) is 5.88 Å². The molecule has 1 unspecified atom stereocenters. The summed E-state index contributed by atoms with van der Waals surface area (Å²) < 4.78 is 2.22. The largest absolute Gasteiger partial charge is 0.322 e. The third-order valence-corrected chi connectivity index (χ3v) is 3.92. The maximum absolute atomic E-state index is 6.33. The maximum atomic E-state index is 6.33. The Balaban J connectivity index is 2.73. The van der Waals surface area contributed by atoms with Gasteiger partial charge in [0.05, 0.1) is 21.9 Å². The molecule has 0 fully saturated rings. The summed E-state index contributed by atoms with van der Waals surface area (Å²) in [4.78, 5) is 4.59. The Morgan fingerprint density at radius 2 is 2.06 bits per heavy atom. The van der Waals surface area contributed by atoms with E-state index >= 15 is 0 Å². The Labute approximate surface area is 118 Å². The van der Waals surface area contributed by atoms with Gasteiger partial charge in [0, 0.05) is 6.04 Å². The molecule has 0 amide bonds. The molecule has 4 heteroatoms. The lowest BCUT2D eigenvalue weighted by Gasteiger charge is -2.24. The van der Waals surface area contributed by atoms with Gasteiger partial charge >= 0.3 is 0 Å². The Bertz CT molecular complexity index is 546. The first-order valence-electron chi connectivity index (χ1n) is 6.31. The molecule has 0 spiro atoms. The number of rotatable bonds is 4. The maximum Gasteiger partial charge on any atom is 0.125 e. The van der Waals surface area contributed by atoms with E-state index < -0.39 is 0 Å². The first-order chi connectivity index (χ1) is 8.60. The molecule has 1 aromatic carbocycles. The van der Waals surface area contributed by atoms with E-state index in [2.05, 4.69) is 30.3 Å². The van der Waals surface area contributed by atoms with E-state index in [1.54, 1.807) is 0 Å². The van der Waals surface area contributed by atoms with Crippen LogP contribution < -0.4 is 0 Å². The van der Waals surface area contributed by atoms with Gasteiger partial charge in [0.25, 0.3) is 0 Å². The smallest absolute Gasteiger partial charge is 0.125 e. The van der Waals surface area contributed by atoms with Crippen LogP contribution in [0, 0.1) is 5.92 Å². The third kappa shape index (κ3) is 2.24. The van der Waals surface area contributed by atoms with Gasteiger partial charge < -0.3 is 4.57 Å². The summed E-state index contributed by atoms with van der Waals surface area (Å²) in [5.41, 5.74) is 1.94. The molecule has 2 aromatic rings. The first kappa shape index (κ1) is 13.7. The minimum atomic E-state index is 0.378. The van der Waals surface area contributed by atoms with E-state index in [0.717, 1.165) is 28.3 Å². The van der Waals surface area contributed by atoms with Gasteiger partial charge in [-0.2, -0.15) is 0 Å². The van der Waals surface area contributed by atoms with E-state index in [4.69, 9.17) is 23.2 Å². The molecule has 1 aromatic heterocycles. The van der Waals surface area contributed by atoms with Crippen LogP contribution in [0.4, 0.5) is 0 Å².